The number of benzene rings is 1. The largest absolute Gasteiger partial charge is 0.339 e. The molecule has 3 rings (SSSR count). The number of aromatic nitrogens is 2. The number of likely N-dealkylation sites (N-methyl/N-ethyl adjacent to an activating group) is 1. The average Bonchev–Trinajstić information content (AvgIpc) is 2.80. The molecule has 1 fully saturated rings. The van der Waals surface area contributed by atoms with Crippen molar-refractivity contribution in [2.75, 3.05) is 39.8 Å². The summed E-state index contributed by atoms with van der Waals surface area (Å²) in [5.74, 6) is -0.251. The number of hydrogen-bond donors (Lipinski definition) is 0. The summed E-state index contributed by atoms with van der Waals surface area (Å²) in [6.45, 7) is 6.67. The number of fused-ring (bicyclic) bond motifs is 1. The van der Waals surface area contributed by atoms with Crippen LogP contribution in [-0.4, -0.2) is 83.4 Å². The molecule has 0 aliphatic carbocycles. The van der Waals surface area contributed by atoms with Gasteiger partial charge in [0.2, 0.25) is 15.9 Å². The van der Waals surface area contributed by atoms with E-state index >= 15 is 0 Å². The molecular formula is C21H31N5O5S. The molecule has 1 aliphatic rings. The zero-order valence-electron chi connectivity index (χ0n) is 19.2. The zero-order valence-corrected chi connectivity index (χ0v) is 20.1. The van der Waals surface area contributed by atoms with Gasteiger partial charge in [0, 0.05) is 53.4 Å². The van der Waals surface area contributed by atoms with Gasteiger partial charge in [-0.15, -0.1) is 0 Å². The maximum absolute atomic E-state index is 13.1. The second-order valence-corrected chi connectivity index (χ2v) is 10.4. The van der Waals surface area contributed by atoms with E-state index in [0.717, 1.165) is 28.4 Å². The Hall–Kier alpha value is -2.50. The number of aryl methyl sites for hydroxylation is 1. The number of amides is 1. The van der Waals surface area contributed by atoms with Gasteiger partial charge in [-0.05, 0) is 31.5 Å². The number of rotatable bonds is 6. The van der Waals surface area contributed by atoms with Crippen LogP contribution < -0.4 is 11.2 Å². The molecule has 32 heavy (non-hydrogen) atoms. The molecule has 2 aromatic rings. The van der Waals surface area contributed by atoms with Crippen LogP contribution in [0.15, 0.2) is 32.7 Å². The molecule has 0 N–H and O–H groups in total. The summed E-state index contributed by atoms with van der Waals surface area (Å²) in [7, 11) is 0.210. The summed E-state index contributed by atoms with van der Waals surface area (Å²) < 4.78 is 29.4. The monoisotopic (exact) mass is 465 g/mol. The molecule has 1 aliphatic heterocycles. The molecule has 176 valence electrons. The number of nitrogens with zero attached hydrogens (tertiary/aromatic N) is 5. The Labute approximate surface area is 187 Å². The number of carbonyl (C=O) groups excluding carboxylic acids is 1. The van der Waals surface area contributed by atoms with E-state index in [1.54, 1.807) is 4.90 Å². The van der Waals surface area contributed by atoms with Gasteiger partial charge >= 0.3 is 5.69 Å². The topological polar surface area (TPSA) is 105 Å². The van der Waals surface area contributed by atoms with Crippen LogP contribution in [0.4, 0.5) is 0 Å². The van der Waals surface area contributed by atoms with E-state index in [1.165, 1.54) is 43.9 Å². The lowest BCUT2D eigenvalue weighted by atomic mass is 10.2. The first-order valence-corrected chi connectivity index (χ1v) is 12.1. The van der Waals surface area contributed by atoms with Gasteiger partial charge in [0.15, 0.2) is 0 Å². The molecule has 0 spiro atoms. The average molecular weight is 466 g/mol. The first kappa shape index (κ1) is 24.1. The predicted molar refractivity (Wildman–Crippen MR) is 122 cm³/mol. The van der Waals surface area contributed by atoms with Crippen molar-refractivity contribution in [1.82, 2.24) is 23.2 Å². The van der Waals surface area contributed by atoms with E-state index in [-0.39, 0.29) is 22.7 Å². The van der Waals surface area contributed by atoms with E-state index in [9.17, 15) is 22.8 Å². The zero-order chi connectivity index (χ0) is 23.8. The van der Waals surface area contributed by atoms with Crippen molar-refractivity contribution < 1.29 is 13.2 Å². The fourth-order valence-corrected chi connectivity index (χ4v) is 5.11. The van der Waals surface area contributed by atoms with Gasteiger partial charge in [0.05, 0.1) is 22.3 Å². The number of piperazine rings is 1. The Morgan fingerprint density at radius 1 is 1.09 bits per heavy atom. The molecule has 1 amide bonds. The molecular weight excluding hydrogens is 434 g/mol. The van der Waals surface area contributed by atoms with E-state index in [0.29, 0.717) is 24.6 Å². The van der Waals surface area contributed by atoms with Gasteiger partial charge in [-0.25, -0.2) is 13.2 Å². The van der Waals surface area contributed by atoms with E-state index in [4.69, 9.17) is 0 Å². The Morgan fingerprint density at radius 2 is 1.72 bits per heavy atom. The van der Waals surface area contributed by atoms with Crippen LogP contribution in [0.25, 0.3) is 10.9 Å². The van der Waals surface area contributed by atoms with E-state index < -0.39 is 21.3 Å². The second kappa shape index (κ2) is 9.16. The third-order valence-corrected chi connectivity index (χ3v) is 8.18. The molecule has 1 aromatic heterocycles. The predicted octanol–water partition coefficient (Wildman–Crippen LogP) is -0.200. The fraction of sp³-hybridized carbons (Fsp3) is 0.571. The third kappa shape index (κ3) is 4.37. The molecule has 1 atom stereocenters. The minimum absolute atomic E-state index is 0.0994. The highest BCUT2D eigenvalue weighted by atomic mass is 32.2. The van der Waals surface area contributed by atoms with Crippen molar-refractivity contribution in [3.05, 3.63) is 39.0 Å². The first-order chi connectivity index (χ1) is 15.0. The van der Waals surface area contributed by atoms with Crippen LogP contribution in [-0.2, 0) is 28.9 Å². The maximum atomic E-state index is 13.1. The quantitative estimate of drug-likeness (QED) is 0.585. The minimum atomic E-state index is -4.01. The Kier molecular flexibility index (Phi) is 6.91. The first-order valence-electron chi connectivity index (χ1n) is 10.7. The van der Waals surface area contributed by atoms with Gasteiger partial charge in [0.1, 0.15) is 0 Å². The van der Waals surface area contributed by atoms with Gasteiger partial charge in [-0.3, -0.25) is 23.6 Å². The van der Waals surface area contributed by atoms with E-state index in [2.05, 4.69) is 18.7 Å². The Morgan fingerprint density at radius 3 is 2.31 bits per heavy atom. The van der Waals surface area contributed by atoms with Gasteiger partial charge in [-0.2, -0.15) is 4.31 Å². The van der Waals surface area contributed by atoms with Crippen LogP contribution in [0.1, 0.15) is 20.3 Å². The van der Waals surface area contributed by atoms with Crippen LogP contribution >= 0.6 is 0 Å². The number of hydrogen-bond acceptors (Lipinski definition) is 6. The SMILES string of the molecule is CCC(C)N1CCN(C(=O)CN(C)S(=O)(=O)c2ccc3c(c2)c(=O)n(C)c(=O)n3C)CC1. The lowest BCUT2D eigenvalue weighted by Gasteiger charge is -2.38. The molecule has 0 radical (unpaired) electrons. The molecule has 0 saturated carbocycles. The maximum Gasteiger partial charge on any atom is 0.330 e. The minimum Gasteiger partial charge on any atom is -0.339 e. The van der Waals surface area contributed by atoms with Crippen molar-refractivity contribution in [1.29, 1.82) is 0 Å². The van der Waals surface area contributed by atoms with Crippen LogP contribution in [0.3, 0.4) is 0 Å². The molecule has 1 aromatic carbocycles. The highest BCUT2D eigenvalue weighted by molar-refractivity contribution is 7.89. The summed E-state index contributed by atoms with van der Waals surface area (Å²) >= 11 is 0. The van der Waals surface area contributed by atoms with Crippen molar-refractivity contribution >= 4 is 26.8 Å². The van der Waals surface area contributed by atoms with E-state index in [1.807, 2.05) is 0 Å². The van der Waals surface area contributed by atoms with Crippen molar-refractivity contribution in [3.63, 3.8) is 0 Å². The molecule has 1 unspecified atom stereocenters. The normalized spacial score (nSPS) is 16.6. The summed E-state index contributed by atoms with van der Waals surface area (Å²) in [6.07, 6.45) is 1.04. The summed E-state index contributed by atoms with van der Waals surface area (Å²) in [5.41, 5.74) is -0.720. The van der Waals surface area contributed by atoms with Crippen molar-refractivity contribution in [2.24, 2.45) is 14.1 Å². The van der Waals surface area contributed by atoms with Crippen LogP contribution in [0.5, 0.6) is 0 Å². The van der Waals surface area contributed by atoms with Gasteiger partial charge in [0.25, 0.3) is 5.56 Å². The fourth-order valence-electron chi connectivity index (χ4n) is 3.96. The number of carbonyl (C=O) groups is 1. The molecule has 10 nitrogen and oxygen atoms in total. The van der Waals surface area contributed by atoms with Crippen molar-refractivity contribution in [2.45, 2.75) is 31.2 Å². The van der Waals surface area contributed by atoms with Crippen LogP contribution in [0.2, 0.25) is 0 Å². The lowest BCUT2D eigenvalue weighted by molar-refractivity contribution is -0.133. The smallest absolute Gasteiger partial charge is 0.330 e. The van der Waals surface area contributed by atoms with Crippen LogP contribution in [0, 0.1) is 0 Å². The molecule has 0 bridgehead atoms. The van der Waals surface area contributed by atoms with Gasteiger partial charge < -0.3 is 4.90 Å². The summed E-state index contributed by atoms with van der Waals surface area (Å²) in [5, 5.41) is 0.122. The van der Waals surface area contributed by atoms with Gasteiger partial charge in [-0.1, -0.05) is 6.92 Å². The second-order valence-electron chi connectivity index (χ2n) is 8.32. The molecule has 1 saturated heterocycles. The number of sulfonamides is 1. The highest BCUT2D eigenvalue weighted by Gasteiger charge is 2.28. The third-order valence-electron chi connectivity index (χ3n) is 6.39. The Bertz CT molecular complexity index is 1240. The summed E-state index contributed by atoms with van der Waals surface area (Å²) in [4.78, 5) is 41.3. The lowest BCUT2D eigenvalue weighted by Crippen LogP contribution is -2.53. The standard InChI is InChI=1S/C21H31N5O5S/c1-6-15(2)25-9-11-26(12-10-25)19(27)14-22(3)32(30,31)16-7-8-18-17(13-16)20(28)24(5)21(29)23(18)4/h7-8,13,15H,6,9-12,14H2,1-5H3. The molecule has 11 heteroatoms. The highest BCUT2D eigenvalue weighted by Crippen LogP contribution is 2.19. The Balaban J connectivity index is 1.79. The van der Waals surface area contributed by atoms with Crippen molar-refractivity contribution in [3.8, 4) is 0 Å². The molecule has 2 heterocycles. The summed E-state index contributed by atoms with van der Waals surface area (Å²) in [6, 6.07) is 4.51.